The Balaban J connectivity index is 1.53. The van der Waals surface area contributed by atoms with E-state index < -0.39 is 5.54 Å². The number of nitrogens with zero attached hydrogens (tertiary/aromatic N) is 3. The van der Waals surface area contributed by atoms with Gasteiger partial charge in [0.2, 0.25) is 5.91 Å². The minimum absolute atomic E-state index is 0.0948. The van der Waals surface area contributed by atoms with Gasteiger partial charge in [0.1, 0.15) is 11.2 Å². The van der Waals surface area contributed by atoms with Crippen LogP contribution in [0, 0.1) is 0 Å². The van der Waals surface area contributed by atoms with Crippen LogP contribution in [0.2, 0.25) is 0 Å². The van der Waals surface area contributed by atoms with Crippen molar-refractivity contribution in [2.75, 3.05) is 0 Å². The molecule has 1 atom stereocenters. The van der Waals surface area contributed by atoms with Crippen LogP contribution in [0.25, 0.3) is 11.1 Å². The molecule has 2 aliphatic rings. The molecule has 0 saturated heterocycles. The first-order valence-corrected chi connectivity index (χ1v) is 10.6. The standard InChI is InChI=1S/C23H26N4O3/c1-23(22(29)25-17-7-3-2-4-8-17)15-26-18-9-11-30-20(18)12-19(26)21(28)27(23)14-16-6-5-10-24-13-16/h5-6,9-13,17H,2-4,7-8,14-15H2,1H3,(H,25,29)/t23-/m1/s1. The third-order valence-corrected chi connectivity index (χ3v) is 6.54. The highest BCUT2D eigenvalue weighted by Gasteiger charge is 2.48. The summed E-state index contributed by atoms with van der Waals surface area (Å²) in [7, 11) is 0. The quantitative estimate of drug-likeness (QED) is 0.719. The fourth-order valence-corrected chi connectivity index (χ4v) is 4.78. The SMILES string of the molecule is C[C@]1(C(=O)NC2CCCCC2)Cn2c(cc3occc32)C(=O)N1Cc1cccnc1. The predicted molar refractivity (Wildman–Crippen MR) is 112 cm³/mol. The molecular formula is C23H26N4O3. The van der Waals surface area contributed by atoms with E-state index >= 15 is 0 Å². The number of furan rings is 1. The topological polar surface area (TPSA) is 80.4 Å². The molecule has 0 radical (unpaired) electrons. The van der Waals surface area contributed by atoms with E-state index in [1.54, 1.807) is 29.6 Å². The summed E-state index contributed by atoms with van der Waals surface area (Å²) in [4.78, 5) is 33.0. The van der Waals surface area contributed by atoms with Gasteiger partial charge < -0.3 is 19.2 Å². The fraction of sp³-hybridized carbons (Fsp3) is 0.435. The minimum Gasteiger partial charge on any atom is -0.463 e. The number of pyridine rings is 1. The summed E-state index contributed by atoms with van der Waals surface area (Å²) in [5, 5.41) is 3.25. The summed E-state index contributed by atoms with van der Waals surface area (Å²) in [5.41, 5.74) is 1.94. The van der Waals surface area contributed by atoms with Crippen LogP contribution in [0.5, 0.6) is 0 Å². The number of hydrogen-bond donors (Lipinski definition) is 1. The third kappa shape index (κ3) is 3.09. The first-order chi connectivity index (χ1) is 14.6. The Hall–Kier alpha value is -3.09. The van der Waals surface area contributed by atoms with Crippen molar-refractivity contribution in [1.82, 2.24) is 19.8 Å². The van der Waals surface area contributed by atoms with Crippen molar-refractivity contribution in [1.29, 1.82) is 0 Å². The first-order valence-electron chi connectivity index (χ1n) is 10.6. The van der Waals surface area contributed by atoms with E-state index in [4.69, 9.17) is 4.42 Å². The second-order valence-corrected chi connectivity index (χ2v) is 8.62. The van der Waals surface area contributed by atoms with Gasteiger partial charge in [0.25, 0.3) is 5.91 Å². The zero-order valence-corrected chi connectivity index (χ0v) is 17.1. The summed E-state index contributed by atoms with van der Waals surface area (Å²) >= 11 is 0. The lowest BCUT2D eigenvalue weighted by molar-refractivity contribution is -0.134. The van der Waals surface area contributed by atoms with Gasteiger partial charge in [-0.15, -0.1) is 0 Å². The van der Waals surface area contributed by atoms with Crippen molar-refractivity contribution in [3.63, 3.8) is 0 Å². The smallest absolute Gasteiger partial charge is 0.271 e. The number of amides is 2. The molecule has 7 heteroatoms. The Morgan fingerprint density at radius 3 is 2.90 bits per heavy atom. The van der Waals surface area contributed by atoms with Crippen LogP contribution in [0.4, 0.5) is 0 Å². The zero-order valence-electron chi connectivity index (χ0n) is 17.1. The fourth-order valence-electron chi connectivity index (χ4n) is 4.78. The van der Waals surface area contributed by atoms with Gasteiger partial charge in [-0.3, -0.25) is 14.6 Å². The highest BCUT2D eigenvalue weighted by Crippen LogP contribution is 2.34. The van der Waals surface area contributed by atoms with Gasteiger partial charge in [-0.1, -0.05) is 25.3 Å². The predicted octanol–water partition coefficient (Wildman–Crippen LogP) is 3.49. The van der Waals surface area contributed by atoms with E-state index in [-0.39, 0.29) is 17.9 Å². The maximum Gasteiger partial charge on any atom is 0.271 e. The number of aromatic nitrogens is 2. The van der Waals surface area contributed by atoms with Gasteiger partial charge >= 0.3 is 0 Å². The molecule has 1 aliphatic carbocycles. The molecule has 7 nitrogen and oxygen atoms in total. The number of hydrogen-bond acceptors (Lipinski definition) is 4. The maximum absolute atomic E-state index is 13.6. The highest BCUT2D eigenvalue weighted by atomic mass is 16.3. The van der Waals surface area contributed by atoms with Crippen LogP contribution in [0.3, 0.4) is 0 Å². The van der Waals surface area contributed by atoms with Crippen LogP contribution in [0.1, 0.15) is 55.1 Å². The van der Waals surface area contributed by atoms with Crippen molar-refractivity contribution < 1.29 is 14.0 Å². The Morgan fingerprint density at radius 1 is 1.30 bits per heavy atom. The van der Waals surface area contributed by atoms with Crippen LogP contribution in [-0.4, -0.2) is 37.8 Å². The van der Waals surface area contributed by atoms with Crippen molar-refractivity contribution >= 4 is 22.9 Å². The number of carbonyl (C=O) groups excluding carboxylic acids is 2. The normalized spacial score (nSPS) is 22.3. The molecule has 0 aromatic carbocycles. The lowest BCUT2D eigenvalue weighted by Gasteiger charge is -2.44. The number of nitrogens with one attached hydrogen (secondary N) is 1. The molecule has 5 rings (SSSR count). The summed E-state index contributed by atoms with van der Waals surface area (Å²) in [6.45, 7) is 2.58. The molecule has 4 heterocycles. The van der Waals surface area contributed by atoms with E-state index in [0.717, 1.165) is 36.8 Å². The Bertz CT molecular complexity index is 1080. The minimum atomic E-state index is -1.01. The molecule has 0 spiro atoms. The molecule has 30 heavy (non-hydrogen) atoms. The van der Waals surface area contributed by atoms with Gasteiger partial charge in [0.05, 0.1) is 18.3 Å². The third-order valence-electron chi connectivity index (χ3n) is 6.54. The van der Waals surface area contributed by atoms with Crippen molar-refractivity contribution in [3.8, 4) is 0 Å². The van der Waals surface area contributed by atoms with E-state index in [1.165, 1.54) is 6.42 Å². The zero-order chi connectivity index (χ0) is 20.7. The van der Waals surface area contributed by atoms with Crippen LogP contribution in [0.15, 0.2) is 47.3 Å². The van der Waals surface area contributed by atoms with Gasteiger partial charge in [-0.2, -0.15) is 0 Å². The molecule has 3 aromatic rings. The maximum atomic E-state index is 13.6. The van der Waals surface area contributed by atoms with Crippen molar-refractivity contribution in [2.24, 2.45) is 0 Å². The van der Waals surface area contributed by atoms with Crippen molar-refractivity contribution in [3.05, 3.63) is 54.2 Å². The van der Waals surface area contributed by atoms with Crippen LogP contribution in [-0.2, 0) is 17.9 Å². The first kappa shape index (κ1) is 18.9. The summed E-state index contributed by atoms with van der Waals surface area (Å²) in [6.07, 6.45) is 10.6. The van der Waals surface area contributed by atoms with E-state index in [1.807, 2.05) is 29.7 Å². The molecule has 2 amide bonds. The van der Waals surface area contributed by atoms with Gasteiger partial charge in [0, 0.05) is 37.1 Å². The molecule has 3 aromatic heterocycles. The lowest BCUT2D eigenvalue weighted by Crippen LogP contribution is -2.64. The molecule has 156 valence electrons. The van der Waals surface area contributed by atoms with E-state index in [9.17, 15) is 9.59 Å². The lowest BCUT2D eigenvalue weighted by atomic mass is 9.91. The van der Waals surface area contributed by atoms with Crippen LogP contribution >= 0.6 is 0 Å². The molecule has 0 unspecified atom stereocenters. The Labute approximate surface area is 175 Å². The molecule has 1 N–H and O–H groups in total. The summed E-state index contributed by atoms with van der Waals surface area (Å²) in [5.74, 6) is -0.263. The van der Waals surface area contributed by atoms with E-state index in [0.29, 0.717) is 24.4 Å². The number of carbonyl (C=O) groups is 2. The van der Waals surface area contributed by atoms with Gasteiger partial charge in [-0.05, 0) is 31.4 Å². The average molecular weight is 406 g/mol. The van der Waals surface area contributed by atoms with Gasteiger partial charge in [-0.25, -0.2) is 0 Å². The monoisotopic (exact) mass is 406 g/mol. The van der Waals surface area contributed by atoms with E-state index in [2.05, 4.69) is 10.3 Å². The largest absolute Gasteiger partial charge is 0.463 e. The number of fused-ring (bicyclic) bond motifs is 3. The molecule has 1 saturated carbocycles. The Morgan fingerprint density at radius 2 is 2.13 bits per heavy atom. The molecular weight excluding hydrogens is 380 g/mol. The summed E-state index contributed by atoms with van der Waals surface area (Å²) in [6, 6.07) is 7.58. The van der Waals surface area contributed by atoms with Crippen LogP contribution < -0.4 is 5.32 Å². The number of rotatable bonds is 4. The van der Waals surface area contributed by atoms with Gasteiger partial charge in [0.15, 0.2) is 5.58 Å². The Kier molecular flexibility index (Phi) is 4.60. The average Bonchev–Trinajstić information content (AvgIpc) is 3.35. The second-order valence-electron chi connectivity index (χ2n) is 8.62. The van der Waals surface area contributed by atoms with Crippen molar-refractivity contribution in [2.45, 2.75) is 63.7 Å². The molecule has 1 fully saturated rings. The highest BCUT2D eigenvalue weighted by molar-refractivity contribution is 6.02. The molecule has 1 aliphatic heterocycles. The second kappa shape index (κ2) is 7.31. The molecule has 0 bridgehead atoms. The summed E-state index contributed by atoms with van der Waals surface area (Å²) < 4.78 is 7.44.